The Morgan fingerprint density at radius 3 is 1.14 bits per heavy atom. The molecule has 5 rings (SSSR count). The summed E-state index contributed by atoms with van der Waals surface area (Å²) in [5, 5.41) is 4.51. The van der Waals surface area contributed by atoms with Crippen molar-refractivity contribution in [2.45, 2.75) is 0 Å². The maximum absolute atomic E-state index is 6.32. The van der Waals surface area contributed by atoms with Gasteiger partial charge in [0.1, 0.15) is 24.7 Å². The van der Waals surface area contributed by atoms with Crippen molar-refractivity contribution in [2.75, 3.05) is 66.1 Å². The van der Waals surface area contributed by atoms with Crippen molar-refractivity contribution in [3.05, 3.63) is 72.8 Å². The van der Waals surface area contributed by atoms with E-state index in [1.807, 2.05) is 12.1 Å². The highest BCUT2D eigenvalue weighted by Crippen LogP contribution is 2.45. The van der Waals surface area contributed by atoms with Crippen molar-refractivity contribution in [3.8, 4) is 22.6 Å². The van der Waals surface area contributed by atoms with E-state index in [4.69, 9.17) is 28.4 Å². The maximum atomic E-state index is 6.32. The number of fused-ring (bicyclic) bond motifs is 7. The van der Waals surface area contributed by atoms with Crippen LogP contribution in [0.3, 0.4) is 0 Å². The molecule has 4 aromatic rings. The topological polar surface area (TPSA) is 55.4 Å². The lowest BCUT2D eigenvalue weighted by molar-refractivity contribution is -0.00704. The lowest BCUT2D eigenvalue weighted by Gasteiger charge is -2.20. The van der Waals surface area contributed by atoms with E-state index in [9.17, 15) is 0 Å². The van der Waals surface area contributed by atoms with Gasteiger partial charge < -0.3 is 28.4 Å². The maximum Gasteiger partial charge on any atom is 0.128 e. The monoisotopic (exact) mass is 488 g/mol. The van der Waals surface area contributed by atoms with Gasteiger partial charge in [0.05, 0.1) is 52.9 Å². The Hall–Kier alpha value is -3.16. The van der Waals surface area contributed by atoms with Crippen LogP contribution in [0.4, 0.5) is 0 Å². The molecule has 0 fully saturated rings. The Bertz CT molecular complexity index is 1170. The molecule has 0 saturated heterocycles. The molecule has 0 spiro atoms. The van der Waals surface area contributed by atoms with Crippen molar-refractivity contribution in [1.82, 2.24) is 0 Å². The van der Waals surface area contributed by atoms with Crippen LogP contribution in [0.15, 0.2) is 72.8 Å². The zero-order valence-electron chi connectivity index (χ0n) is 20.4. The van der Waals surface area contributed by atoms with Crippen molar-refractivity contribution in [3.63, 3.8) is 0 Å². The molecule has 0 aromatic heterocycles. The zero-order chi connectivity index (χ0) is 24.4. The van der Waals surface area contributed by atoms with Gasteiger partial charge in [-0.2, -0.15) is 0 Å². The summed E-state index contributed by atoms with van der Waals surface area (Å²) in [6.45, 7) is 4.96. The van der Waals surface area contributed by atoms with E-state index in [-0.39, 0.29) is 0 Å². The smallest absolute Gasteiger partial charge is 0.128 e. The highest BCUT2D eigenvalue weighted by Gasteiger charge is 2.19. The fourth-order valence-corrected chi connectivity index (χ4v) is 4.44. The first-order valence-corrected chi connectivity index (χ1v) is 12.5. The first-order chi connectivity index (χ1) is 17.9. The quantitative estimate of drug-likeness (QED) is 0.326. The van der Waals surface area contributed by atoms with Crippen molar-refractivity contribution < 1.29 is 28.4 Å². The molecule has 36 heavy (non-hydrogen) atoms. The average molecular weight is 489 g/mol. The van der Waals surface area contributed by atoms with Gasteiger partial charge in [-0.15, -0.1) is 0 Å². The molecule has 1 heterocycles. The second-order valence-electron chi connectivity index (χ2n) is 8.47. The summed E-state index contributed by atoms with van der Waals surface area (Å²) < 4.78 is 35.2. The second kappa shape index (κ2) is 12.7. The predicted molar refractivity (Wildman–Crippen MR) is 141 cm³/mol. The Balaban J connectivity index is 1.55. The van der Waals surface area contributed by atoms with Gasteiger partial charge in [-0.1, -0.05) is 60.7 Å². The van der Waals surface area contributed by atoms with Crippen LogP contribution in [-0.4, -0.2) is 66.1 Å². The highest BCUT2D eigenvalue weighted by atomic mass is 16.6. The summed E-state index contributed by atoms with van der Waals surface area (Å²) in [4.78, 5) is 0. The molecule has 188 valence electrons. The van der Waals surface area contributed by atoms with Crippen molar-refractivity contribution in [1.29, 1.82) is 0 Å². The standard InChI is InChI=1S/C30H32O6/c1-3-7-25-23(5-1)9-11-27-29(25)30-26-8-4-2-6-24(26)10-12-28(30)36-22-20-34-18-16-32-14-13-31-15-17-33-19-21-35-27/h1-12H,13-22H2. The van der Waals surface area contributed by atoms with Gasteiger partial charge in [-0.3, -0.25) is 0 Å². The third-order valence-corrected chi connectivity index (χ3v) is 6.12. The fourth-order valence-electron chi connectivity index (χ4n) is 4.44. The summed E-state index contributed by atoms with van der Waals surface area (Å²) in [5.41, 5.74) is 2.04. The molecule has 0 N–H and O–H groups in total. The molecule has 0 unspecified atom stereocenters. The van der Waals surface area contributed by atoms with Gasteiger partial charge >= 0.3 is 0 Å². The summed E-state index contributed by atoms with van der Waals surface area (Å²) in [6.07, 6.45) is 0. The molecule has 1 aliphatic heterocycles. The summed E-state index contributed by atoms with van der Waals surface area (Å²) >= 11 is 0. The number of hydrogen-bond donors (Lipinski definition) is 0. The van der Waals surface area contributed by atoms with E-state index < -0.39 is 0 Å². The molecular weight excluding hydrogens is 456 g/mol. The molecule has 4 aromatic carbocycles. The predicted octanol–water partition coefficient (Wildman–Crippen LogP) is 5.50. The van der Waals surface area contributed by atoms with E-state index in [0.29, 0.717) is 66.1 Å². The molecule has 0 aliphatic carbocycles. The molecule has 6 nitrogen and oxygen atoms in total. The lowest BCUT2D eigenvalue weighted by atomic mass is 9.92. The van der Waals surface area contributed by atoms with E-state index >= 15 is 0 Å². The molecule has 0 radical (unpaired) electrons. The van der Waals surface area contributed by atoms with Crippen molar-refractivity contribution >= 4 is 21.5 Å². The van der Waals surface area contributed by atoms with Gasteiger partial charge in [0.15, 0.2) is 0 Å². The van der Waals surface area contributed by atoms with Crippen LogP contribution in [0, 0.1) is 0 Å². The Kier molecular flexibility index (Phi) is 8.65. The Labute approximate surface area is 211 Å². The fraction of sp³-hybridized carbons (Fsp3) is 0.333. The van der Waals surface area contributed by atoms with Gasteiger partial charge in [-0.05, 0) is 33.7 Å². The largest absolute Gasteiger partial charge is 0.491 e. The minimum absolute atomic E-state index is 0.434. The third-order valence-electron chi connectivity index (χ3n) is 6.12. The Morgan fingerprint density at radius 1 is 0.361 bits per heavy atom. The number of rotatable bonds is 0. The van der Waals surface area contributed by atoms with E-state index in [0.717, 1.165) is 44.2 Å². The van der Waals surface area contributed by atoms with Gasteiger partial charge in [-0.25, -0.2) is 0 Å². The average Bonchev–Trinajstić information content (AvgIpc) is 2.92. The minimum Gasteiger partial charge on any atom is -0.491 e. The Morgan fingerprint density at radius 2 is 0.722 bits per heavy atom. The molecule has 0 saturated carbocycles. The molecule has 0 bridgehead atoms. The van der Waals surface area contributed by atoms with E-state index in [2.05, 4.69) is 60.7 Å². The van der Waals surface area contributed by atoms with Crippen LogP contribution in [-0.2, 0) is 18.9 Å². The van der Waals surface area contributed by atoms with Crippen LogP contribution in [0.1, 0.15) is 0 Å². The second-order valence-corrected chi connectivity index (χ2v) is 8.47. The molecular formula is C30H32O6. The third kappa shape index (κ3) is 5.97. The minimum atomic E-state index is 0.434. The number of hydrogen-bond acceptors (Lipinski definition) is 6. The zero-order valence-corrected chi connectivity index (χ0v) is 20.4. The van der Waals surface area contributed by atoms with Crippen LogP contribution >= 0.6 is 0 Å². The molecule has 1 aliphatic rings. The SMILES string of the molecule is c1ccc2c3c(ccc2c1)OCCOCCOCCOCCOCCOc1ccc2ccccc2c1-3. The summed E-state index contributed by atoms with van der Waals surface area (Å²) in [6, 6.07) is 25.0. The molecule has 0 amide bonds. The number of benzene rings is 4. The van der Waals surface area contributed by atoms with Gasteiger partial charge in [0, 0.05) is 11.1 Å². The van der Waals surface area contributed by atoms with Crippen LogP contribution in [0.5, 0.6) is 11.5 Å². The van der Waals surface area contributed by atoms with E-state index in [1.165, 1.54) is 0 Å². The summed E-state index contributed by atoms with van der Waals surface area (Å²) in [5.74, 6) is 1.61. The molecule has 0 atom stereocenters. The van der Waals surface area contributed by atoms with Crippen LogP contribution < -0.4 is 9.47 Å². The first kappa shape index (κ1) is 24.5. The lowest BCUT2D eigenvalue weighted by Crippen LogP contribution is -2.15. The van der Waals surface area contributed by atoms with Gasteiger partial charge in [0.2, 0.25) is 0 Å². The van der Waals surface area contributed by atoms with Crippen LogP contribution in [0.2, 0.25) is 0 Å². The van der Waals surface area contributed by atoms with Crippen LogP contribution in [0.25, 0.3) is 32.7 Å². The van der Waals surface area contributed by atoms with Gasteiger partial charge in [0.25, 0.3) is 0 Å². The number of ether oxygens (including phenoxy) is 6. The molecule has 6 heteroatoms. The summed E-state index contributed by atoms with van der Waals surface area (Å²) in [7, 11) is 0. The van der Waals surface area contributed by atoms with E-state index in [1.54, 1.807) is 0 Å². The normalized spacial score (nSPS) is 16.9. The first-order valence-electron chi connectivity index (χ1n) is 12.5. The van der Waals surface area contributed by atoms with Crippen molar-refractivity contribution in [2.24, 2.45) is 0 Å². The highest BCUT2D eigenvalue weighted by molar-refractivity contribution is 6.09.